The summed E-state index contributed by atoms with van der Waals surface area (Å²) in [5, 5.41) is 12.2. The smallest absolute Gasteiger partial charge is 0.165 e. The van der Waals surface area contributed by atoms with Crippen molar-refractivity contribution in [1.29, 1.82) is 0 Å². The van der Waals surface area contributed by atoms with Crippen LogP contribution in [0.2, 0.25) is 0 Å². The monoisotopic (exact) mass is 483 g/mol. The fourth-order valence-electron chi connectivity index (χ4n) is 8.87. The zero-order valence-electron chi connectivity index (χ0n) is 23.0. The average Bonchev–Trinajstić information content (AvgIpc) is 3.53. The van der Waals surface area contributed by atoms with Crippen LogP contribution in [0.5, 0.6) is 11.5 Å². The van der Waals surface area contributed by atoms with E-state index >= 15 is 0 Å². The van der Waals surface area contributed by atoms with Crippen molar-refractivity contribution in [2.75, 3.05) is 27.3 Å². The van der Waals surface area contributed by atoms with E-state index in [9.17, 15) is 5.11 Å². The number of aliphatic hydroxyl groups is 1. The third kappa shape index (κ3) is 2.81. The van der Waals surface area contributed by atoms with Crippen LogP contribution in [0.15, 0.2) is 12.1 Å². The van der Waals surface area contributed by atoms with Crippen molar-refractivity contribution in [3.05, 3.63) is 23.3 Å². The molecule has 0 radical (unpaired) electrons. The standard InChI is InChI=1S/C30H45NO4/c1-26(2,3)29(6,32)21-16-27(4)22-15-19-11-12-20(33-7)24-23(19)30(27,25(35-24)28(21,5)34-8)13-14-31(22)17-18-9-10-18/h11-12,18,21-22,25,32H,9-10,13-17H2,1-8H3/t21-,22+,25-,27+,28+,29?,30?/m0/s1. The fraction of sp³-hybridized carbons (Fsp3) is 0.800. The molecule has 1 spiro atoms. The van der Waals surface area contributed by atoms with Crippen molar-refractivity contribution >= 4 is 0 Å². The van der Waals surface area contributed by atoms with E-state index in [-0.39, 0.29) is 28.3 Å². The zero-order chi connectivity index (χ0) is 25.2. The van der Waals surface area contributed by atoms with Gasteiger partial charge in [-0.1, -0.05) is 33.8 Å². The van der Waals surface area contributed by atoms with Crippen LogP contribution in [0.3, 0.4) is 0 Å². The predicted molar refractivity (Wildman–Crippen MR) is 137 cm³/mol. The molecule has 6 rings (SSSR count). The SMILES string of the molecule is COc1ccc2c3c1O[C@@H]1C34CCN(CC3CC3)[C@H](C2)[C@@]4(C)C[C@H](C(C)(O)C(C)(C)C)[C@@]1(C)OC. The number of nitrogens with zero attached hydrogens (tertiary/aromatic N) is 1. The summed E-state index contributed by atoms with van der Waals surface area (Å²) in [5.74, 6) is 2.53. The maximum atomic E-state index is 12.2. The molecule has 1 saturated heterocycles. The summed E-state index contributed by atoms with van der Waals surface area (Å²) in [7, 11) is 3.56. The van der Waals surface area contributed by atoms with E-state index in [4.69, 9.17) is 14.2 Å². The number of piperidine rings is 1. The van der Waals surface area contributed by atoms with E-state index in [1.54, 1.807) is 7.11 Å². The van der Waals surface area contributed by atoms with E-state index in [1.165, 1.54) is 30.5 Å². The minimum Gasteiger partial charge on any atom is -0.493 e. The van der Waals surface area contributed by atoms with Crippen LogP contribution < -0.4 is 9.47 Å². The lowest BCUT2D eigenvalue weighted by Gasteiger charge is -2.70. The summed E-state index contributed by atoms with van der Waals surface area (Å²) in [6, 6.07) is 4.83. The van der Waals surface area contributed by atoms with E-state index in [2.05, 4.69) is 51.7 Å². The Bertz CT molecular complexity index is 1040. The van der Waals surface area contributed by atoms with Crippen molar-refractivity contribution in [2.24, 2.45) is 22.7 Å². The number of likely N-dealkylation sites (tertiary alicyclic amines) is 1. The summed E-state index contributed by atoms with van der Waals surface area (Å²) in [6.45, 7) is 15.5. The lowest BCUT2D eigenvalue weighted by Crippen LogP contribution is -2.79. The molecule has 2 saturated carbocycles. The molecule has 194 valence electrons. The molecule has 5 nitrogen and oxygen atoms in total. The molecule has 2 aliphatic heterocycles. The maximum Gasteiger partial charge on any atom is 0.165 e. The van der Waals surface area contributed by atoms with Gasteiger partial charge in [-0.3, -0.25) is 4.90 Å². The second kappa shape index (κ2) is 7.17. The van der Waals surface area contributed by atoms with E-state index in [1.807, 2.05) is 14.0 Å². The van der Waals surface area contributed by atoms with Gasteiger partial charge < -0.3 is 19.3 Å². The molecule has 0 amide bonds. The number of hydrogen-bond donors (Lipinski definition) is 1. The highest BCUT2D eigenvalue weighted by Crippen LogP contribution is 2.73. The van der Waals surface area contributed by atoms with Gasteiger partial charge in [0, 0.05) is 36.6 Å². The number of rotatable bonds is 5. The van der Waals surface area contributed by atoms with Gasteiger partial charge in [0.05, 0.1) is 12.7 Å². The molecule has 2 bridgehead atoms. The third-order valence-corrected chi connectivity index (χ3v) is 11.6. The van der Waals surface area contributed by atoms with E-state index in [0.29, 0.717) is 6.04 Å². The van der Waals surface area contributed by atoms with Crippen molar-refractivity contribution in [2.45, 2.75) is 102 Å². The summed E-state index contributed by atoms with van der Waals surface area (Å²) < 4.78 is 19.4. The predicted octanol–water partition coefficient (Wildman–Crippen LogP) is 4.96. The largest absolute Gasteiger partial charge is 0.493 e. The molecule has 3 fully saturated rings. The van der Waals surface area contributed by atoms with Gasteiger partial charge in [0.2, 0.25) is 0 Å². The molecule has 3 aliphatic carbocycles. The Hall–Kier alpha value is -1.30. The van der Waals surface area contributed by atoms with Crippen LogP contribution >= 0.6 is 0 Å². The molecule has 5 heteroatoms. The fourth-order valence-corrected chi connectivity index (χ4v) is 8.87. The first-order valence-corrected chi connectivity index (χ1v) is 13.7. The van der Waals surface area contributed by atoms with Crippen LogP contribution in [0.1, 0.15) is 78.4 Å². The van der Waals surface area contributed by atoms with Gasteiger partial charge in [-0.05, 0) is 80.9 Å². The zero-order valence-corrected chi connectivity index (χ0v) is 23.0. The average molecular weight is 484 g/mol. The van der Waals surface area contributed by atoms with Gasteiger partial charge in [-0.25, -0.2) is 0 Å². The second-order valence-electron chi connectivity index (χ2n) is 14.0. The van der Waals surface area contributed by atoms with Crippen LogP contribution in [0, 0.1) is 22.7 Å². The van der Waals surface area contributed by atoms with Crippen molar-refractivity contribution in [1.82, 2.24) is 4.90 Å². The highest BCUT2D eigenvalue weighted by Gasteiger charge is 2.77. The number of benzene rings is 1. The minimum absolute atomic E-state index is 0.0344. The Morgan fingerprint density at radius 2 is 1.86 bits per heavy atom. The molecule has 2 heterocycles. The first kappa shape index (κ1) is 24.1. The lowest BCUT2D eigenvalue weighted by molar-refractivity contribution is -0.270. The molecule has 1 aromatic rings. The minimum atomic E-state index is -0.930. The van der Waals surface area contributed by atoms with Crippen LogP contribution in [0.25, 0.3) is 0 Å². The molecule has 1 aromatic carbocycles. The van der Waals surface area contributed by atoms with Gasteiger partial charge in [-0.15, -0.1) is 0 Å². The number of ether oxygens (including phenoxy) is 3. The number of hydrogen-bond acceptors (Lipinski definition) is 5. The van der Waals surface area contributed by atoms with Gasteiger partial charge in [-0.2, -0.15) is 0 Å². The molecule has 35 heavy (non-hydrogen) atoms. The van der Waals surface area contributed by atoms with Crippen molar-refractivity contribution in [3.8, 4) is 11.5 Å². The Morgan fingerprint density at radius 1 is 1.14 bits per heavy atom. The second-order valence-corrected chi connectivity index (χ2v) is 14.0. The Labute approximate surface area is 211 Å². The van der Waals surface area contributed by atoms with Crippen LogP contribution in [-0.4, -0.2) is 60.7 Å². The Morgan fingerprint density at radius 3 is 2.46 bits per heavy atom. The topological polar surface area (TPSA) is 51.2 Å². The third-order valence-electron chi connectivity index (χ3n) is 11.6. The van der Waals surface area contributed by atoms with Crippen molar-refractivity contribution < 1.29 is 19.3 Å². The lowest BCUT2D eigenvalue weighted by atomic mass is 9.38. The summed E-state index contributed by atoms with van der Waals surface area (Å²) in [4.78, 5) is 2.81. The summed E-state index contributed by atoms with van der Waals surface area (Å²) in [5.41, 5.74) is 0.745. The highest BCUT2D eigenvalue weighted by atomic mass is 16.6. The normalized spacial score (nSPS) is 41.7. The quantitative estimate of drug-likeness (QED) is 0.641. The summed E-state index contributed by atoms with van der Waals surface area (Å²) in [6.07, 6.45) is 5.60. The molecule has 0 aromatic heterocycles. The van der Waals surface area contributed by atoms with Crippen LogP contribution in [-0.2, 0) is 16.6 Å². The Kier molecular flexibility index (Phi) is 4.93. The molecule has 5 aliphatic rings. The van der Waals surface area contributed by atoms with Gasteiger partial charge >= 0.3 is 0 Å². The van der Waals surface area contributed by atoms with Gasteiger partial charge in [0.15, 0.2) is 11.5 Å². The first-order chi connectivity index (χ1) is 16.3. The van der Waals surface area contributed by atoms with Crippen LogP contribution in [0.4, 0.5) is 0 Å². The summed E-state index contributed by atoms with van der Waals surface area (Å²) >= 11 is 0. The molecular formula is C30H45NO4. The molecular weight excluding hydrogens is 438 g/mol. The first-order valence-electron chi connectivity index (χ1n) is 13.7. The Balaban J connectivity index is 1.59. The molecule has 2 unspecified atom stereocenters. The van der Waals surface area contributed by atoms with E-state index < -0.39 is 11.2 Å². The van der Waals surface area contributed by atoms with Gasteiger partial charge in [0.25, 0.3) is 0 Å². The number of methoxy groups -OCH3 is 2. The highest BCUT2D eigenvalue weighted by molar-refractivity contribution is 5.63. The molecule has 1 N–H and O–H groups in total. The van der Waals surface area contributed by atoms with Crippen molar-refractivity contribution in [3.63, 3.8) is 0 Å². The van der Waals surface area contributed by atoms with Gasteiger partial charge in [0.1, 0.15) is 11.7 Å². The maximum absolute atomic E-state index is 12.2. The van der Waals surface area contributed by atoms with E-state index in [0.717, 1.165) is 43.2 Å². The molecule has 7 atom stereocenters.